The third-order valence-corrected chi connectivity index (χ3v) is 5.83. The third-order valence-electron chi connectivity index (χ3n) is 3.09. The molecule has 0 radical (unpaired) electrons. The van der Waals surface area contributed by atoms with Crippen LogP contribution in [0.2, 0.25) is 10.0 Å². The van der Waals surface area contributed by atoms with Crippen LogP contribution in [0.15, 0.2) is 45.9 Å². The molecule has 0 spiro atoms. The van der Waals surface area contributed by atoms with Crippen molar-refractivity contribution >= 4 is 63.6 Å². The SMILES string of the molecule is O=C1N/C(=N\N=C/c2cccs2)S[C@@H]1Cc1cccc(Cl)c1Cl. The summed E-state index contributed by atoms with van der Waals surface area (Å²) in [6.45, 7) is 0. The first-order chi connectivity index (χ1) is 11.1. The number of thiophene rings is 1. The second-order valence-electron chi connectivity index (χ2n) is 4.68. The first-order valence-corrected chi connectivity index (χ1v) is 9.20. The molecule has 1 atom stereocenters. The Kier molecular flexibility index (Phi) is 5.38. The topological polar surface area (TPSA) is 53.8 Å². The van der Waals surface area contributed by atoms with Crippen molar-refractivity contribution in [2.24, 2.45) is 10.2 Å². The predicted molar refractivity (Wildman–Crippen MR) is 99.0 cm³/mol. The molecule has 0 bridgehead atoms. The number of thioether (sulfide) groups is 1. The minimum atomic E-state index is -0.290. The Balaban J connectivity index is 1.66. The van der Waals surface area contributed by atoms with Crippen LogP contribution in [0.3, 0.4) is 0 Å². The third kappa shape index (κ3) is 4.14. The zero-order valence-corrected chi connectivity index (χ0v) is 14.8. The molecule has 1 aliphatic heterocycles. The highest BCUT2D eigenvalue weighted by Gasteiger charge is 2.31. The van der Waals surface area contributed by atoms with Gasteiger partial charge in [0.15, 0.2) is 5.17 Å². The number of halogens is 2. The molecule has 2 heterocycles. The molecule has 1 aromatic heterocycles. The maximum atomic E-state index is 12.0. The summed E-state index contributed by atoms with van der Waals surface area (Å²) in [5.41, 5.74) is 0.843. The van der Waals surface area contributed by atoms with Gasteiger partial charge in [0.05, 0.1) is 21.5 Å². The van der Waals surface area contributed by atoms with Gasteiger partial charge in [0.2, 0.25) is 5.91 Å². The number of hydrogen-bond donors (Lipinski definition) is 1. The van der Waals surface area contributed by atoms with Crippen LogP contribution in [-0.4, -0.2) is 22.5 Å². The van der Waals surface area contributed by atoms with Crippen LogP contribution < -0.4 is 5.32 Å². The second kappa shape index (κ2) is 7.49. The Morgan fingerprint density at radius 2 is 2.13 bits per heavy atom. The van der Waals surface area contributed by atoms with E-state index in [0.717, 1.165) is 10.4 Å². The molecular weight excluding hydrogens is 373 g/mol. The number of nitrogens with one attached hydrogen (secondary N) is 1. The van der Waals surface area contributed by atoms with E-state index in [4.69, 9.17) is 23.2 Å². The fourth-order valence-electron chi connectivity index (χ4n) is 2.00. The number of hydrogen-bond acceptors (Lipinski definition) is 5. The summed E-state index contributed by atoms with van der Waals surface area (Å²) in [5, 5.41) is 13.9. The van der Waals surface area contributed by atoms with Gasteiger partial charge in [-0.1, -0.05) is 53.2 Å². The van der Waals surface area contributed by atoms with Gasteiger partial charge in [-0.3, -0.25) is 4.79 Å². The van der Waals surface area contributed by atoms with E-state index in [1.165, 1.54) is 11.8 Å². The van der Waals surface area contributed by atoms with Crippen LogP contribution >= 0.6 is 46.3 Å². The molecule has 0 saturated carbocycles. The lowest BCUT2D eigenvalue weighted by atomic mass is 10.1. The van der Waals surface area contributed by atoms with Crippen LogP contribution in [0.5, 0.6) is 0 Å². The van der Waals surface area contributed by atoms with Gasteiger partial charge in [-0.25, -0.2) is 0 Å². The number of benzene rings is 1. The summed E-state index contributed by atoms with van der Waals surface area (Å²) in [6, 6.07) is 9.30. The van der Waals surface area contributed by atoms with Crippen LogP contribution in [-0.2, 0) is 11.2 Å². The Bertz CT molecular complexity index is 775. The fourth-order valence-corrected chi connectivity index (χ4v) is 3.92. The van der Waals surface area contributed by atoms with E-state index in [9.17, 15) is 4.79 Å². The van der Waals surface area contributed by atoms with Crippen molar-refractivity contribution in [1.29, 1.82) is 0 Å². The molecule has 1 aliphatic rings. The van der Waals surface area contributed by atoms with Gasteiger partial charge in [0.1, 0.15) is 0 Å². The lowest BCUT2D eigenvalue weighted by molar-refractivity contribution is -0.118. The van der Waals surface area contributed by atoms with Crippen molar-refractivity contribution in [3.8, 4) is 0 Å². The molecule has 3 rings (SSSR count). The summed E-state index contributed by atoms with van der Waals surface area (Å²) in [7, 11) is 0. The number of rotatable bonds is 4. The highest BCUT2D eigenvalue weighted by Crippen LogP contribution is 2.30. The maximum Gasteiger partial charge on any atom is 0.239 e. The number of amidine groups is 1. The molecule has 0 unspecified atom stereocenters. The molecule has 1 saturated heterocycles. The Morgan fingerprint density at radius 3 is 2.91 bits per heavy atom. The van der Waals surface area contributed by atoms with Gasteiger partial charge in [0, 0.05) is 4.88 Å². The Morgan fingerprint density at radius 1 is 1.26 bits per heavy atom. The first kappa shape index (κ1) is 16.5. The van der Waals surface area contributed by atoms with Crippen molar-refractivity contribution in [2.45, 2.75) is 11.7 Å². The van der Waals surface area contributed by atoms with E-state index in [0.29, 0.717) is 21.6 Å². The van der Waals surface area contributed by atoms with Crippen LogP contribution in [0, 0.1) is 0 Å². The standard InChI is InChI=1S/C15H11Cl2N3OS2/c16-11-5-1-3-9(13(11)17)7-12-14(21)19-15(23-12)20-18-8-10-4-2-6-22-10/h1-6,8,12H,7H2,(H,19,20,21)/b18-8-/t12-/m1/s1. The number of amides is 1. The predicted octanol–water partition coefficient (Wildman–Crippen LogP) is 4.22. The van der Waals surface area contributed by atoms with Crippen molar-refractivity contribution in [1.82, 2.24) is 5.32 Å². The number of nitrogens with zero attached hydrogens (tertiary/aromatic N) is 2. The van der Waals surface area contributed by atoms with Crippen molar-refractivity contribution in [3.05, 3.63) is 56.2 Å². The van der Waals surface area contributed by atoms with Crippen LogP contribution in [0.25, 0.3) is 0 Å². The Labute approximate surface area is 151 Å². The van der Waals surface area contributed by atoms with Crippen molar-refractivity contribution in [3.63, 3.8) is 0 Å². The number of carbonyl (C=O) groups is 1. The van der Waals surface area contributed by atoms with Gasteiger partial charge in [0.25, 0.3) is 0 Å². The van der Waals surface area contributed by atoms with E-state index in [2.05, 4.69) is 15.5 Å². The van der Waals surface area contributed by atoms with Crippen molar-refractivity contribution in [2.75, 3.05) is 0 Å². The lowest BCUT2D eigenvalue weighted by Gasteiger charge is -2.08. The van der Waals surface area contributed by atoms with Crippen LogP contribution in [0.4, 0.5) is 0 Å². The fraction of sp³-hybridized carbons (Fsp3) is 0.133. The summed E-state index contributed by atoms with van der Waals surface area (Å²) >= 11 is 15.1. The average Bonchev–Trinajstić information content (AvgIpc) is 3.15. The minimum absolute atomic E-state index is 0.101. The average molecular weight is 384 g/mol. The molecule has 2 aromatic rings. The van der Waals surface area contributed by atoms with E-state index < -0.39 is 0 Å². The van der Waals surface area contributed by atoms with Crippen molar-refractivity contribution < 1.29 is 4.79 Å². The molecule has 1 aromatic carbocycles. The molecule has 23 heavy (non-hydrogen) atoms. The molecule has 118 valence electrons. The molecule has 1 fully saturated rings. The summed E-state index contributed by atoms with van der Waals surface area (Å²) in [6.07, 6.45) is 2.15. The van der Waals surface area contributed by atoms with Gasteiger partial charge < -0.3 is 5.32 Å². The largest absolute Gasteiger partial charge is 0.303 e. The van der Waals surface area contributed by atoms with Gasteiger partial charge in [-0.15, -0.1) is 16.4 Å². The quantitative estimate of drug-likeness (QED) is 0.634. The van der Waals surface area contributed by atoms with E-state index in [1.54, 1.807) is 23.6 Å². The van der Waals surface area contributed by atoms with Gasteiger partial charge in [-0.05, 0) is 29.5 Å². The van der Waals surface area contributed by atoms with E-state index >= 15 is 0 Å². The van der Waals surface area contributed by atoms with Crippen LogP contribution in [0.1, 0.15) is 10.4 Å². The van der Waals surface area contributed by atoms with E-state index in [-0.39, 0.29) is 11.2 Å². The molecular formula is C15H11Cl2N3OS2. The summed E-state index contributed by atoms with van der Waals surface area (Å²) in [4.78, 5) is 13.0. The molecule has 0 aliphatic carbocycles. The zero-order chi connectivity index (χ0) is 16.2. The maximum absolute atomic E-state index is 12.0. The van der Waals surface area contributed by atoms with E-state index in [1.807, 2.05) is 29.6 Å². The first-order valence-electron chi connectivity index (χ1n) is 6.68. The highest BCUT2D eigenvalue weighted by molar-refractivity contribution is 8.15. The normalized spacial score (nSPS) is 19.7. The van der Waals surface area contributed by atoms with Gasteiger partial charge >= 0.3 is 0 Å². The summed E-state index contributed by atoms with van der Waals surface area (Å²) in [5.74, 6) is -0.101. The Hall–Kier alpha value is -1.34. The lowest BCUT2D eigenvalue weighted by Crippen LogP contribution is -2.26. The monoisotopic (exact) mass is 383 g/mol. The summed E-state index contributed by atoms with van der Waals surface area (Å²) < 4.78 is 0. The molecule has 1 amide bonds. The van der Waals surface area contributed by atoms with Gasteiger partial charge in [-0.2, -0.15) is 5.10 Å². The zero-order valence-electron chi connectivity index (χ0n) is 11.7. The molecule has 8 heteroatoms. The second-order valence-corrected chi connectivity index (χ2v) is 7.63. The number of carbonyl (C=O) groups excluding carboxylic acids is 1. The molecule has 1 N–H and O–H groups in total. The molecule has 4 nitrogen and oxygen atoms in total. The highest BCUT2D eigenvalue weighted by atomic mass is 35.5. The smallest absolute Gasteiger partial charge is 0.239 e. The minimum Gasteiger partial charge on any atom is -0.303 e.